The maximum absolute atomic E-state index is 12.6. The number of carbonyl (C=O) groups is 1. The third-order valence-electron chi connectivity index (χ3n) is 3.16. The fraction of sp³-hybridized carbons (Fsp3) is 0.500. The summed E-state index contributed by atoms with van der Waals surface area (Å²) in [5, 5.41) is 4.01. The predicted molar refractivity (Wildman–Crippen MR) is 91.0 cm³/mol. The summed E-state index contributed by atoms with van der Waals surface area (Å²) in [6, 6.07) is 1.91. The molecule has 120 valence electrons. The number of aromatic nitrogens is 2. The zero-order valence-corrected chi connectivity index (χ0v) is 15.0. The quantitative estimate of drug-likeness (QED) is 0.824. The van der Waals surface area contributed by atoms with Gasteiger partial charge in [0, 0.05) is 30.3 Å². The van der Waals surface area contributed by atoms with Gasteiger partial charge in [0.1, 0.15) is 17.0 Å². The molecule has 2 aromatic rings. The van der Waals surface area contributed by atoms with Crippen molar-refractivity contribution in [1.29, 1.82) is 0 Å². The Labute approximate surface area is 141 Å². The SMILES string of the molecule is CC(CN(C)C(=O)C(C)CF)Nc1nc2cc(Br)cnc2s1. The number of fused-ring (bicyclic) bond motifs is 1. The van der Waals surface area contributed by atoms with Gasteiger partial charge in [0.25, 0.3) is 0 Å². The monoisotopic (exact) mass is 388 g/mol. The number of rotatable bonds is 6. The highest BCUT2D eigenvalue weighted by Gasteiger charge is 2.19. The molecule has 2 unspecified atom stereocenters. The van der Waals surface area contributed by atoms with Gasteiger partial charge in [-0.1, -0.05) is 18.3 Å². The molecule has 0 fully saturated rings. The molecule has 0 aliphatic rings. The molecular weight excluding hydrogens is 371 g/mol. The smallest absolute Gasteiger partial charge is 0.227 e. The highest BCUT2D eigenvalue weighted by molar-refractivity contribution is 9.10. The van der Waals surface area contributed by atoms with E-state index in [9.17, 15) is 9.18 Å². The number of halogens is 2. The molecule has 2 atom stereocenters. The number of hydrogen-bond acceptors (Lipinski definition) is 5. The molecule has 0 aliphatic heterocycles. The van der Waals surface area contributed by atoms with Gasteiger partial charge < -0.3 is 10.2 Å². The van der Waals surface area contributed by atoms with Crippen molar-refractivity contribution in [2.75, 3.05) is 25.6 Å². The molecule has 0 bridgehead atoms. The van der Waals surface area contributed by atoms with Crippen molar-refractivity contribution < 1.29 is 9.18 Å². The fourth-order valence-electron chi connectivity index (χ4n) is 2.06. The van der Waals surface area contributed by atoms with E-state index in [4.69, 9.17) is 0 Å². The van der Waals surface area contributed by atoms with Crippen LogP contribution in [-0.4, -0.2) is 47.1 Å². The number of hydrogen-bond donors (Lipinski definition) is 1. The summed E-state index contributed by atoms with van der Waals surface area (Å²) in [7, 11) is 1.68. The van der Waals surface area contributed by atoms with E-state index in [1.54, 1.807) is 25.1 Å². The molecule has 0 aliphatic carbocycles. The lowest BCUT2D eigenvalue weighted by atomic mass is 10.1. The van der Waals surface area contributed by atoms with E-state index >= 15 is 0 Å². The zero-order valence-electron chi connectivity index (χ0n) is 12.6. The number of alkyl halides is 1. The van der Waals surface area contributed by atoms with Crippen LogP contribution in [0.1, 0.15) is 13.8 Å². The average Bonchev–Trinajstić information content (AvgIpc) is 2.86. The molecule has 2 rings (SSSR count). The van der Waals surface area contributed by atoms with Crippen LogP contribution < -0.4 is 5.32 Å². The van der Waals surface area contributed by atoms with Crippen molar-refractivity contribution in [1.82, 2.24) is 14.9 Å². The summed E-state index contributed by atoms with van der Waals surface area (Å²) in [6.45, 7) is 3.40. The molecule has 0 saturated heterocycles. The van der Waals surface area contributed by atoms with E-state index in [2.05, 4.69) is 31.2 Å². The minimum absolute atomic E-state index is 0.00441. The van der Waals surface area contributed by atoms with Crippen LogP contribution in [0.3, 0.4) is 0 Å². The minimum Gasteiger partial charge on any atom is -0.357 e. The maximum Gasteiger partial charge on any atom is 0.227 e. The molecule has 8 heteroatoms. The van der Waals surface area contributed by atoms with Crippen molar-refractivity contribution in [3.63, 3.8) is 0 Å². The summed E-state index contributed by atoms with van der Waals surface area (Å²) < 4.78 is 13.4. The molecule has 0 spiro atoms. The van der Waals surface area contributed by atoms with Crippen molar-refractivity contribution >= 4 is 48.7 Å². The average molecular weight is 389 g/mol. The second kappa shape index (κ2) is 7.32. The summed E-state index contributed by atoms with van der Waals surface area (Å²) >= 11 is 4.83. The van der Waals surface area contributed by atoms with E-state index < -0.39 is 12.6 Å². The Morgan fingerprint density at radius 1 is 1.55 bits per heavy atom. The summed E-state index contributed by atoms with van der Waals surface area (Å²) in [4.78, 5) is 23.0. The fourth-order valence-corrected chi connectivity index (χ4v) is 3.28. The van der Waals surface area contributed by atoms with E-state index in [1.807, 2.05) is 13.0 Å². The second-order valence-corrected chi connectivity index (χ2v) is 7.21. The van der Waals surface area contributed by atoms with Gasteiger partial charge in [-0.25, -0.2) is 9.97 Å². The summed E-state index contributed by atoms with van der Waals surface area (Å²) in [5.74, 6) is -0.785. The van der Waals surface area contributed by atoms with Crippen LogP contribution in [0.5, 0.6) is 0 Å². The van der Waals surface area contributed by atoms with Gasteiger partial charge in [-0.2, -0.15) is 0 Å². The number of carbonyl (C=O) groups excluding carboxylic acids is 1. The Kier molecular flexibility index (Phi) is 5.69. The Hall–Kier alpha value is -1.28. The molecule has 2 heterocycles. The number of thiazole rings is 1. The highest BCUT2D eigenvalue weighted by Crippen LogP contribution is 2.26. The predicted octanol–water partition coefficient (Wildman–Crippen LogP) is 3.32. The van der Waals surface area contributed by atoms with Crippen molar-refractivity contribution in [2.24, 2.45) is 5.92 Å². The van der Waals surface area contributed by atoms with Crippen LogP contribution in [0.25, 0.3) is 10.3 Å². The van der Waals surface area contributed by atoms with Crippen molar-refractivity contribution in [3.05, 3.63) is 16.7 Å². The molecule has 0 radical (unpaired) electrons. The van der Waals surface area contributed by atoms with Crippen molar-refractivity contribution in [3.8, 4) is 0 Å². The lowest BCUT2D eigenvalue weighted by molar-refractivity contribution is -0.134. The third kappa shape index (κ3) is 4.13. The molecule has 1 amide bonds. The van der Waals surface area contributed by atoms with Crippen LogP contribution in [0.4, 0.5) is 9.52 Å². The van der Waals surface area contributed by atoms with E-state index in [1.165, 1.54) is 11.3 Å². The molecule has 2 aromatic heterocycles. The van der Waals surface area contributed by atoms with Crippen LogP contribution in [0.15, 0.2) is 16.7 Å². The van der Waals surface area contributed by atoms with Crippen LogP contribution >= 0.6 is 27.3 Å². The summed E-state index contributed by atoms with van der Waals surface area (Å²) in [5.41, 5.74) is 0.824. The Morgan fingerprint density at radius 3 is 2.95 bits per heavy atom. The number of amides is 1. The number of pyridine rings is 1. The standard InChI is InChI=1S/C14H18BrFN4OS/c1-8(5-16)13(21)20(3)7-9(2)18-14-19-11-4-10(15)6-17-12(11)22-14/h4,6,8-9H,5,7H2,1-3H3,(H,18,19). The number of nitrogens with one attached hydrogen (secondary N) is 1. The Bertz CT molecular complexity index is 665. The van der Waals surface area contributed by atoms with Gasteiger partial charge in [0.05, 0.1) is 5.92 Å². The topological polar surface area (TPSA) is 58.1 Å². The van der Waals surface area contributed by atoms with E-state index in [-0.39, 0.29) is 11.9 Å². The Balaban J connectivity index is 1.98. The lowest BCUT2D eigenvalue weighted by Gasteiger charge is -2.24. The molecule has 22 heavy (non-hydrogen) atoms. The first-order chi connectivity index (χ1) is 10.4. The van der Waals surface area contributed by atoms with Gasteiger partial charge in [-0.05, 0) is 28.9 Å². The molecule has 0 saturated carbocycles. The number of nitrogens with zero attached hydrogens (tertiary/aromatic N) is 3. The van der Waals surface area contributed by atoms with Crippen LogP contribution in [-0.2, 0) is 4.79 Å². The van der Waals surface area contributed by atoms with Crippen LogP contribution in [0, 0.1) is 5.92 Å². The third-order valence-corrected chi connectivity index (χ3v) is 4.51. The van der Waals surface area contributed by atoms with E-state index in [0.29, 0.717) is 6.54 Å². The molecule has 0 aromatic carbocycles. The van der Waals surface area contributed by atoms with Gasteiger partial charge in [-0.15, -0.1) is 0 Å². The minimum atomic E-state index is -0.636. The molecular formula is C14H18BrFN4OS. The number of likely N-dealkylation sites (N-methyl/N-ethyl adjacent to an activating group) is 1. The van der Waals surface area contributed by atoms with Gasteiger partial charge >= 0.3 is 0 Å². The Morgan fingerprint density at radius 2 is 2.27 bits per heavy atom. The van der Waals surface area contributed by atoms with Gasteiger partial charge in [0.2, 0.25) is 5.91 Å². The zero-order chi connectivity index (χ0) is 16.3. The first-order valence-electron chi connectivity index (χ1n) is 6.90. The van der Waals surface area contributed by atoms with E-state index in [0.717, 1.165) is 20.0 Å². The normalized spacial score (nSPS) is 13.9. The molecule has 1 N–H and O–H groups in total. The number of anilines is 1. The largest absolute Gasteiger partial charge is 0.357 e. The second-order valence-electron chi connectivity index (χ2n) is 5.32. The van der Waals surface area contributed by atoms with Gasteiger partial charge in [-0.3, -0.25) is 9.18 Å². The highest BCUT2D eigenvalue weighted by atomic mass is 79.9. The first-order valence-corrected chi connectivity index (χ1v) is 8.51. The lowest BCUT2D eigenvalue weighted by Crippen LogP contribution is -2.39. The maximum atomic E-state index is 12.6. The van der Waals surface area contributed by atoms with Crippen molar-refractivity contribution in [2.45, 2.75) is 19.9 Å². The first kappa shape index (κ1) is 17.1. The van der Waals surface area contributed by atoms with Gasteiger partial charge in [0.15, 0.2) is 5.13 Å². The summed E-state index contributed by atoms with van der Waals surface area (Å²) in [6.07, 6.45) is 1.73. The molecule has 5 nitrogen and oxygen atoms in total. The van der Waals surface area contributed by atoms with Crippen LogP contribution in [0.2, 0.25) is 0 Å².